The van der Waals surface area contributed by atoms with Gasteiger partial charge >= 0.3 is 5.97 Å². The summed E-state index contributed by atoms with van der Waals surface area (Å²) in [5.74, 6) is -2.07. The molecule has 1 rings (SSSR count). The minimum Gasteiger partial charge on any atom is -0.507 e. The van der Waals surface area contributed by atoms with Crippen LogP contribution in [0.5, 0.6) is 0 Å². The van der Waals surface area contributed by atoms with Gasteiger partial charge in [-0.3, -0.25) is 9.59 Å². The molecule has 0 amide bonds. The Bertz CT molecular complexity index is 392. The molecule has 15 heavy (non-hydrogen) atoms. The van der Waals surface area contributed by atoms with Crippen LogP contribution in [0, 0.1) is 0 Å². The molecule has 0 aliphatic carbocycles. The number of hydrogen-bond donors (Lipinski definition) is 2. The van der Waals surface area contributed by atoms with Crippen LogP contribution in [0.15, 0.2) is 36.4 Å². The Kier molecular flexibility index (Phi) is 3.62. The van der Waals surface area contributed by atoms with Gasteiger partial charge in [-0.2, -0.15) is 0 Å². The molecule has 0 atom stereocenters. The van der Waals surface area contributed by atoms with Crippen LogP contribution in [0.2, 0.25) is 0 Å². The number of hydrogen-bond acceptors (Lipinski definition) is 3. The highest BCUT2D eigenvalue weighted by Gasteiger charge is 2.07. The highest BCUT2D eigenvalue weighted by Crippen LogP contribution is 2.10. The molecule has 0 aliphatic heterocycles. The van der Waals surface area contributed by atoms with Crippen molar-refractivity contribution in [3.63, 3.8) is 0 Å². The van der Waals surface area contributed by atoms with Gasteiger partial charge in [0.25, 0.3) is 0 Å². The number of aliphatic hydroxyl groups is 1. The average molecular weight is 206 g/mol. The molecular formula is C11H10O4. The summed E-state index contributed by atoms with van der Waals surface area (Å²) in [5, 5.41) is 17.8. The third kappa shape index (κ3) is 3.64. The lowest BCUT2D eigenvalue weighted by atomic mass is 10.1. The Morgan fingerprint density at radius 2 is 1.73 bits per heavy atom. The fraction of sp³-hybridized carbons (Fsp3) is 0.0909. The second-order valence-corrected chi connectivity index (χ2v) is 2.93. The highest BCUT2D eigenvalue weighted by molar-refractivity contribution is 6.04. The van der Waals surface area contributed by atoms with Gasteiger partial charge in [-0.1, -0.05) is 30.3 Å². The van der Waals surface area contributed by atoms with Crippen molar-refractivity contribution in [2.45, 2.75) is 6.42 Å². The first-order valence-electron chi connectivity index (χ1n) is 4.30. The van der Waals surface area contributed by atoms with Crippen LogP contribution in [0.25, 0.3) is 5.76 Å². The Morgan fingerprint density at radius 1 is 1.13 bits per heavy atom. The van der Waals surface area contributed by atoms with Crippen LogP contribution < -0.4 is 0 Å². The van der Waals surface area contributed by atoms with Gasteiger partial charge in [0.05, 0.1) is 0 Å². The molecule has 0 heterocycles. The number of aliphatic carboxylic acids is 1. The third-order valence-electron chi connectivity index (χ3n) is 1.69. The van der Waals surface area contributed by atoms with Gasteiger partial charge < -0.3 is 10.2 Å². The fourth-order valence-corrected chi connectivity index (χ4v) is 1.04. The van der Waals surface area contributed by atoms with E-state index in [1.54, 1.807) is 30.3 Å². The number of carbonyl (C=O) groups excluding carboxylic acids is 1. The number of allylic oxidation sites excluding steroid dienone is 1. The summed E-state index contributed by atoms with van der Waals surface area (Å²) in [6, 6.07) is 8.44. The zero-order valence-electron chi connectivity index (χ0n) is 7.88. The molecular weight excluding hydrogens is 196 g/mol. The number of benzene rings is 1. The van der Waals surface area contributed by atoms with E-state index in [0.717, 1.165) is 6.08 Å². The lowest BCUT2D eigenvalue weighted by Gasteiger charge is -1.98. The first kappa shape index (κ1) is 11.0. The highest BCUT2D eigenvalue weighted by atomic mass is 16.4. The maximum Gasteiger partial charge on any atom is 0.311 e. The Labute approximate surface area is 86.5 Å². The van der Waals surface area contributed by atoms with Gasteiger partial charge in [-0.25, -0.2) is 0 Å². The van der Waals surface area contributed by atoms with E-state index in [1.807, 2.05) is 0 Å². The van der Waals surface area contributed by atoms with Crippen LogP contribution in [0.3, 0.4) is 0 Å². The van der Waals surface area contributed by atoms with Crippen molar-refractivity contribution in [2.75, 3.05) is 0 Å². The van der Waals surface area contributed by atoms with Gasteiger partial charge in [0.2, 0.25) is 0 Å². The standard InChI is InChI=1S/C11H10O4/c12-9(7-11(14)15)6-10(13)8-4-2-1-3-5-8/h1-6,13H,7H2,(H,14,15). The fourth-order valence-electron chi connectivity index (χ4n) is 1.04. The number of ketones is 1. The van der Waals surface area contributed by atoms with Crippen LogP contribution >= 0.6 is 0 Å². The van der Waals surface area contributed by atoms with Gasteiger partial charge in [0, 0.05) is 11.6 Å². The molecule has 0 aromatic heterocycles. The summed E-state index contributed by atoms with van der Waals surface area (Å²) in [6.07, 6.45) is 0.306. The molecule has 4 nitrogen and oxygen atoms in total. The van der Waals surface area contributed by atoms with Crippen molar-refractivity contribution in [3.05, 3.63) is 42.0 Å². The molecule has 0 radical (unpaired) electrons. The van der Waals surface area contributed by atoms with E-state index >= 15 is 0 Å². The lowest BCUT2D eigenvalue weighted by molar-refractivity contribution is -0.139. The Morgan fingerprint density at radius 3 is 2.27 bits per heavy atom. The topological polar surface area (TPSA) is 74.6 Å². The first-order valence-corrected chi connectivity index (χ1v) is 4.30. The number of carboxylic acids is 1. The molecule has 0 saturated carbocycles. The molecule has 78 valence electrons. The molecule has 0 unspecified atom stereocenters. The molecule has 4 heteroatoms. The van der Waals surface area contributed by atoms with Crippen molar-refractivity contribution in [1.82, 2.24) is 0 Å². The maximum atomic E-state index is 11.0. The van der Waals surface area contributed by atoms with Gasteiger partial charge in [-0.05, 0) is 0 Å². The lowest BCUT2D eigenvalue weighted by Crippen LogP contribution is -2.04. The predicted molar refractivity (Wildman–Crippen MR) is 54.3 cm³/mol. The van der Waals surface area contributed by atoms with Crippen LogP contribution in [0.1, 0.15) is 12.0 Å². The summed E-state index contributed by atoms with van der Waals surface area (Å²) in [7, 11) is 0. The van der Waals surface area contributed by atoms with E-state index in [1.165, 1.54) is 0 Å². The van der Waals surface area contributed by atoms with E-state index in [2.05, 4.69) is 0 Å². The third-order valence-corrected chi connectivity index (χ3v) is 1.69. The van der Waals surface area contributed by atoms with Crippen LogP contribution in [0.4, 0.5) is 0 Å². The zero-order valence-corrected chi connectivity index (χ0v) is 7.88. The molecule has 0 fully saturated rings. The van der Waals surface area contributed by atoms with Gasteiger partial charge in [0.1, 0.15) is 12.2 Å². The number of aliphatic hydroxyl groups excluding tert-OH is 1. The van der Waals surface area contributed by atoms with Crippen molar-refractivity contribution >= 4 is 17.5 Å². The molecule has 0 saturated heterocycles. The molecule has 1 aromatic carbocycles. The summed E-state index contributed by atoms with van der Waals surface area (Å²) >= 11 is 0. The minimum absolute atomic E-state index is 0.221. The van der Waals surface area contributed by atoms with E-state index in [9.17, 15) is 14.7 Å². The minimum atomic E-state index is -1.21. The Balaban J connectivity index is 2.76. The molecule has 2 N–H and O–H groups in total. The summed E-state index contributed by atoms with van der Waals surface area (Å²) in [4.78, 5) is 21.2. The van der Waals surface area contributed by atoms with Crippen molar-refractivity contribution in [3.8, 4) is 0 Å². The molecule has 0 bridgehead atoms. The summed E-state index contributed by atoms with van der Waals surface area (Å²) in [6.45, 7) is 0. The van der Waals surface area contributed by atoms with Crippen molar-refractivity contribution < 1.29 is 19.8 Å². The molecule has 0 spiro atoms. The maximum absolute atomic E-state index is 11.0. The first-order chi connectivity index (χ1) is 7.09. The number of carboxylic acid groups (broad SMARTS) is 1. The summed E-state index contributed by atoms with van der Waals surface area (Å²) in [5.41, 5.74) is 0.483. The van der Waals surface area contributed by atoms with E-state index in [4.69, 9.17) is 5.11 Å². The number of rotatable bonds is 4. The quantitative estimate of drug-likeness (QED) is 0.446. The Hall–Kier alpha value is -2.10. The zero-order chi connectivity index (χ0) is 11.3. The van der Waals surface area contributed by atoms with Crippen LogP contribution in [-0.4, -0.2) is 22.0 Å². The largest absolute Gasteiger partial charge is 0.507 e. The average Bonchev–Trinajstić information content (AvgIpc) is 2.17. The number of carbonyl (C=O) groups is 2. The second-order valence-electron chi connectivity index (χ2n) is 2.93. The predicted octanol–water partition coefficient (Wildman–Crippen LogP) is 1.63. The van der Waals surface area contributed by atoms with Gasteiger partial charge in [0.15, 0.2) is 5.78 Å². The van der Waals surface area contributed by atoms with Crippen molar-refractivity contribution in [2.24, 2.45) is 0 Å². The van der Waals surface area contributed by atoms with E-state index in [0.29, 0.717) is 5.56 Å². The van der Waals surface area contributed by atoms with Crippen molar-refractivity contribution in [1.29, 1.82) is 0 Å². The summed E-state index contributed by atoms with van der Waals surface area (Å²) < 4.78 is 0. The molecule has 1 aromatic rings. The monoisotopic (exact) mass is 206 g/mol. The smallest absolute Gasteiger partial charge is 0.311 e. The van der Waals surface area contributed by atoms with Crippen LogP contribution in [-0.2, 0) is 9.59 Å². The normalized spacial score (nSPS) is 11.1. The second kappa shape index (κ2) is 4.95. The van der Waals surface area contributed by atoms with Gasteiger partial charge in [-0.15, -0.1) is 0 Å². The van der Waals surface area contributed by atoms with E-state index < -0.39 is 18.2 Å². The SMILES string of the molecule is O=C(O)CC(=O)C=C(O)c1ccccc1. The van der Waals surface area contributed by atoms with E-state index in [-0.39, 0.29) is 5.76 Å². The molecule has 0 aliphatic rings.